The molecule has 2 saturated carbocycles. The van der Waals surface area contributed by atoms with Gasteiger partial charge < -0.3 is 26.4 Å². The highest BCUT2D eigenvalue weighted by atomic mass is 35.5. The van der Waals surface area contributed by atoms with E-state index < -0.39 is 6.09 Å². The Hall–Kier alpha value is -5.83. The summed E-state index contributed by atoms with van der Waals surface area (Å²) >= 11 is 12.7. The Labute approximate surface area is 359 Å². The number of hydrogen-bond acceptors (Lipinski definition) is 11. The van der Waals surface area contributed by atoms with Gasteiger partial charge in [-0.1, -0.05) is 105 Å². The molecule has 2 aliphatic rings. The SMILES string of the molecule is C.C.N[C@H]1CCC[C@@H](Nc2ncc(Cl)c(-c3n[nH]c4ccccc34)n2)C1.O=C(N[C@H]1CCC[C@@H](Nc2ncc(Cl)c(-c3n[nH]c4ccccc34)n2)C1)OCc1ccccc1. The molecule has 4 aromatic heterocycles. The van der Waals surface area contributed by atoms with Gasteiger partial charge in [-0.25, -0.2) is 24.7 Å². The van der Waals surface area contributed by atoms with E-state index in [4.69, 9.17) is 33.7 Å². The number of carbonyl (C=O) groups is 1. The number of nitrogens with two attached hydrogens (primary N) is 1. The van der Waals surface area contributed by atoms with Gasteiger partial charge in [-0.3, -0.25) is 10.2 Å². The first kappa shape index (κ1) is 43.7. The molecule has 1 amide bonds. The summed E-state index contributed by atoms with van der Waals surface area (Å²) in [5.74, 6) is 1.06. The van der Waals surface area contributed by atoms with Crippen LogP contribution in [0.4, 0.5) is 16.7 Å². The number of hydrogen-bond donors (Lipinski definition) is 6. The average Bonchev–Trinajstić information content (AvgIpc) is 3.87. The Morgan fingerprint density at radius 2 is 1.17 bits per heavy atom. The molecule has 4 atom stereocenters. The number of nitrogens with zero attached hydrogens (tertiary/aromatic N) is 6. The van der Waals surface area contributed by atoms with Crippen LogP contribution in [0.15, 0.2) is 91.3 Å². The number of nitrogens with one attached hydrogen (secondary N) is 5. The molecule has 0 spiro atoms. The lowest BCUT2D eigenvalue weighted by molar-refractivity contribution is 0.132. The van der Waals surface area contributed by atoms with Gasteiger partial charge in [-0.05, 0) is 69.1 Å². The maximum atomic E-state index is 12.3. The Balaban J connectivity index is 0.000000205. The highest BCUT2D eigenvalue weighted by molar-refractivity contribution is 6.33. The van der Waals surface area contributed by atoms with Crippen LogP contribution in [-0.4, -0.2) is 70.6 Å². The van der Waals surface area contributed by atoms with Gasteiger partial charge in [0.05, 0.1) is 33.5 Å². The third-order valence-corrected chi connectivity index (χ3v) is 11.0. The number of aromatic nitrogens is 8. The topological polar surface area (TPSA) is 197 Å². The lowest BCUT2D eigenvalue weighted by Crippen LogP contribution is -2.42. The van der Waals surface area contributed by atoms with Crippen LogP contribution in [0, 0.1) is 0 Å². The minimum atomic E-state index is -0.398. The summed E-state index contributed by atoms with van der Waals surface area (Å²) in [7, 11) is 0. The van der Waals surface area contributed by atoms with Gasteiger partial charge in [0.1, 0.15) is 29.4 Å². The smallest absolute Gasteiger partial charge is 0.407 e. The molecule has 0 unspecified atom stereocenters. The molecule has 0 saturated heterocycles. The summed E-state index contributed by atoms with van der Waals surface area (Å²) in [4.78, 5) is 30.2. The predicted molar refractivity (Wildman–Crippen MR) is 241 cm³/mol. The molecule has 16 heteroatoms. The Bertz CT molecular complexity index is 2480. The number of carbonyl (C=O) groups excluding carboxylic acids is 1. The van der Waals surface area contributed by atoms with E-state index in [-0.39, 0.29) is 39.6 Å². The zero-order valence-corrected chi connectivity index (χ0v) is 33.2. The molecule has 7 aromatic rings. The summed E-state index contributed by atoms with van der Waals surface area (Å²) in [6, 6.07) is 26.1. The van der Waals surface area contributed by atoms with Gasteiger partial charge in [0, 0.05) is 34.9 Å². The van der Waals surface area contributed by atoms with Gasteiger partial charge in [0.25, 0.3) is 0 Å². The molecule has 60 heavy (non-hydrogen) atoms. The van der Waals surface area contributed by atoms with E-state index in [1.165, 1.54) is 0 Å². The molecule has 4 heterocycles. The van der Waals surface area contributed by atoms with Crippen LogP contribution in [-0.2, 0) is 11.3 Å². The van der Waals surface area contributed by atoms with Crippen LogP contribution in [0.3, 0.4) is 0 Å². The molecule has 314 valence electrons. The van der Waals surface area contributed by atoms with E-state index in [0.717, 1.165) is 84.4 Å². The zero-order chi connectivity index (χ0) is 39.8. The second-order valence-corrected chi connectivity index (χ2v) is 15.5. The zero-order valence-electron chi connectivity index (χ0n) is 31.7. The minimum absolute atomic E-state index is 0. The van der Waals surface area contributed by atoms with E-state index in [1.54, 1.807) is 12.4 Å². The Morgan fingerprint density at radius 3 is 1.73 bits per heavy atom. The van der Waals surface area contributed by atoms with Crippen molar-refractivity contribution >= 4 is 63.0 Å². The van der Waals surface area contributed by atoms with E-state index in [9.17, 15) is 4.79 Å². The molecule has 0 radical (unpaired) electrons. The van der Waals surface area contributed by atoms with Crippen molar-refractivity contribution in [3.05, 3.63) is 107 Å². The third-order valence-electron chi connectivity index (χ3n) is 10.5. The van der Waals surface area contributed by atoms with Crippen molar-refractivity contribution < 1.29 is 9.53 Å². The fourth-order valence-electron chi connectivity index (χ4n) is 7.60. The normalized spacial score (nSPS) is 18.6. The molecular weight excluding hydrogens is 799 g/mol. The largest absolute Gasteiger partial charge is 0.445 e. The number of para-hydroxylation sites is 2. The first-order valence-electron chi connectivity index (χ1n) is 19.5. The van der Waals surface area contributed by atoms with Crippen LogP contribution >= 0.6 is 23.2 Å². The second kappa shape index (κ2) is 20.4. The van der Waals surface area contributed by atoms with Crippen molar-refractivity contribution in [1.82, 2.24) is 45.6 Å². The number of anilines is 2. The molecule has 3 aromatic carbocycles. The lowest BCUT2D eigenvalue weighted by atomic mass is 9.91. The number of fused-ring (bicyclic) bond motifs is 2. The predicted octanol–water partition coefficient (Wildman–Crippen LogP) is 9.95. The fourth-order valence-corrected chi connectivity index (χ4v) is 7.96. The molecule has 7 N–H and O–H groups in total. The van der Waals surface area contributed by atoms with Crippen molar-refractivity contribution in [3.63, 3.8) is 0 Å². The van der Waals surface area contributed by atoms with Crippen molar-refractivity contribution in [2.24, 2.45) is 5.73 Å². The monoisotopic (exact) mass is 850 g/mol. The summed E-state index contributed by atoms with van der Waals surface area (Å²) in [5, 5.41) is 27.5. The molecular formula is C44H52Cl2N12O2. The highest BCUT2D eigenvalue weighted by Crippen LogP contribution is 2.32. The van der Waals surface area contributed by atoms with Gasteiger partial charge >= 0.3 is 6.09 Å². The highest BCUT2D eigenvalue weighted by Gasteiger charge is 2.25. The summed E-state index contributed by atoms with van der Waals surface area (Å²) in [6.45, 7) is 0.254. The van der Waals surface area contributed by atoms with Gasteiger partial charge in [-0.15, -0.1) is 0 Å². The van der Waals surface area contributed by atoms with Crippen LogP contribution in [0.25, 0.3) is 44.6 Å². The van der Waals surface area contributed by atoms with Gasteiger partial charge in [0.2, 0.25) is 11.9 Å². The standard InChI is InChI=1S/C25H25ClN6O2.C17H19ClN6.2CH4/c26-20-14-27-24(30-23(20)22-19-11-4-5-12-21(19)31-32-22)28-17-9-6-10-18(13-17)29-25(33)34-15-16-7-2-1-3-8-16;18-13-9-20-17(21-11-5-3-4-10(19)8-11)22-16(13)15-12-6-1-2-7-14(12)23-24-15;;/h1-5,7-8,11-12,14,17-18H,6,9-10,13,15H2,(H,29,33)(H,31,32)(H,27,28,30);1-2,6-7,9-11H,3-5,8,19H2,(H,23,24)(H,20,21,22);2*1H4/t17-,18+;10-,11+;;/m10../s1. The van der Waals surface area contributed by atoms with Crippen molar-refractivity contribution in [3.8, 4) is 22.8 Å². The van der Waals surface area contributed by atoms with E-state index in [2.05, 4.69) is 56.3 Å². The molecule has 2 aliphatic carbocycles. The van der Waals surface area contributed by atoms with Crippen LogP contribution in [0.2, 0.25) is 10.0 Å². The summed E-state index contributed by atoms with van der Waals surface area (Å²) < 4.78 is 5.37. The van der Waals surface area contributed by atoms with Crippen LogP contribution in [0.1, 0.15) is 71.8 Å². The number of H-pyrrole nitrogens is 2. The molecule has 0 bridgehead atoms. The number of alkyl carbamates (subject to hydrolysis) is 1. The lowest BCUT2D eigenvalue weighted by Gasteiger charge is -2.30. The number of halogens is 2. The number of aromatic amines is 2. The average molecular weight is 852 g/mol. The first-order chi connectivity index (χ1) is 28.4. The van der Waals surface area contributed by atoms with Crippen LogP contribution < -0.4 is 21.7 Å². The maximum absolute atomic E-state index is 12.3. The van der Waals surface area contributed by atoms with E-state index in [0.29, 0.717) is 45.1 Å². The third kappa shape index (κ3) is 10.7. The Morgan fingerprint density at radius 1 is 0.667 bits per heavy atom. The number of amides is 1. The maximum Gasteiger partial charge on any atom is 0.407 e. The van der Waals surface area contributed by atoms with Gasteiger partial charge in [-0.2, -0.15) is 10.2 Å². The molecule has 2 fully saturated rings. The second-order valence-electron chi connectivity index (χ2n) is 14.7. The fraction of sp³-hybridized carbons (Fsp3) is 0.341. The first-order valence-corrected chi connectivity index (χ1v) is 20.3. The molecule has 0 aliphatic heterocycles. The quantitative estimate of drug-likeness (QED) is 0.0808. The van der Waals surface area contributed by atoms with Crippen molar-refractivity contribution in [1.29, 1.82) is 0 Å². The van der Waals surface area contributed by atoms with Crippen LogP contribution in [0.5, 0.6) is 0 Å². The summed E-state index contributed by atoms with van der Waals surface area (Å²) in [6.07, 6.45) is 10.7. The number of benzene rings is 3. The van der Waals surface area contributed by atoms with E-state index in [1.807, 2.05) is 78.9 Å². The number of rotatable bonds is 9. The number of ether oxygens (including phenoxy) is 1. The van der Waals surface area contributed by atoms with Crippen molar-refractivity contribution in [2.45, 2.75) is 97.0 Å². The summed E-state index contributed by atoms with van der Waals surface area (Å²) in [5.41, 5.74) is 11.5. The Kier molecular flexibility index (Phi) is 14.9. The minimum Gasteiger partial charge on any atom is -0.445 e. The van der Waals surface area contributed by atoms with E-state index >= 15 is 0 Å². The van der Waals surface area contributed by atoms with Crippen molar-refractivity contribution in [2.75, 3.05) is 10.6 Å². The molecule has 14 nitrogen and oxygen atoms in total. The molecule has 9 rings (SSSR count). The van der Waals surface area contributed by atoms with Gasteiger partial charge in [0.15, 0.2) is 0 Å².